The van der Waals surface area contributed by atoms with E-state index in [1.54, 1.807) is 19.1 Å². The lowest BCUT2D eigenvalue weighted by Crippen LogP contribution is -2.43. The van der Waals surface area contributed by atoms with Crippen LogP contribution >= 0.6 is 38.5 Å². The predicted octanol–water partition coefficient (Wildman–Crippen LogP) is 5.84. The van der Waals surface area contributed by atoms with Gasteiger partial charge in [-0.25, -0.2) is 0 Å². The number of hydrogen-bond acceptors (Lipinski definition) is 4. The third-order valence-electron chi connectivity index (χ3n) is 4.82. The summed E-state index contributed by atoms with van der Waals surface area (Å²) in [6.45, 7) is 0. The Balaban J connectivity index is 1.89. The van der Waals surface area contributed by atoms with Crippen molar-refractivity contribution in [3.8, 4) is 11.5 Å². The van der Waals surface area contributed by atoms with Crippen molar-refractivity contribution in [2.24, 2.45) is 0 Å². The van der Waals surface area contributed by atoms with Crippen molar-refractivity contribution in [3.05, 3.63) is 79.8 Å². The number of nitrogens with zero attached hydrogens (tertiary/aromatic N) is 1. The van der Waals surface area contributed by atoms with E-state index < -0.39 is 6.17 Å². The molecule has 0 spiro atoms. The molecule has 1 atom stereocenters. The van der Waals surface area contributed by atoms with Gasteiger partial charge < -0.3 is 14.8 Å². The van der Waals surface area contributed by atoms with Gasteiger partial charge in [0.15, 0.2) is 0 Å². The molecule has 1 heterocycles. The van der Waals surface area contributed by atoms with Gasteiger partial charge in [-0.15, -0.1) is 0 Å². The van der Waals surface area contributed by atoms with Crippen molar-refractivity contribution >= 4 is 55.8 Å². The molecule has 0 saturated heterocycles. The summed E-state index contributed by atoms with van der Waals surface area (Å²) in [6.07, 6.45) is -0.434. The van der Waals surface area contributed by atoms with Crippen molar-refractivity contribution in [1.82, 2.24) is 0 Å². The van der Waals surface area contributed by atoms with Crippen LogP contribution in [-0.4, -0.2) is 20.1 Å². The Morgan fingerprint density at radius 3 is 2.45 bits per heavy atom. The minimum absolute atomic E-state index is 0.0746. The Morgan fingerprint density at radius 1 is 1.00 bits per heavy atom. The molecule has 0 saturated carbocycles. The SMILES string of the molecule is COc1ccc(N2C(=O)c3cc(I)ccc3N[C@@H]2c2cc(Br)ccc2OC)cc1. The molecule has 0 bridgehead atoms. The Morgan fingerprint density at radius 2 is 1.76 bits per heavy atom. The molecule has 3 aromatic rings. The highest BCUT2D eigenvalue weighted by Crippen LogP contribution is 2.41. The Bertz CT molecular complexity index is 1070. The first-order chi connectivity index (χ1) is 14.0. The van der Waals surface area contributed by atoms with Crippen LogP contribution in [-0.2, 0) is 0 Å². The van der Waals surface area contributed by atoms with Gasteiger partial charge in [-0.2, -0.15) is 0 Å². The first-order valence-electron chi connectivity index (χ1n) is 8.89. The summed E-state index contributed by atoms with van der Waals surface area (Å²) in [7, 11) is 3.25. The molecule has 0 aromatic heterocycles. The van der Waals surface area contributed by atoms with Gasteiger partial charge in [0.05, 0.1) is 19.8 Å². The summed E-state index contributed by atoms with van der Waals surface area (Å²) in [5.41, 5.74) is 3.06. The van der Waals surface area contributed by atoms with Crippen molar-refractivity contribution < 1.29 is 14.3 Å². The molecule has 7 heteroatoms. The maximum atomic E-state index is 13.6. The molecule has 3 aromatic carbocycles. The molecule has 0 aliphatic carbocycles. The van der Waals surface area contributed by atoms with Gasteiger partial charge in [0.2, 0.25) is 0 Å². The number of carbonyl (C=O) groups excluding carboxylic acids is 1. The van der Waals surface area contributed by atoms with Crippen LogP contribution in [0.2, 0.25) is 0 Å². The van der Waals surface area contributed by atoms with Crippen LogP contribution < -0.4 is 19.7 Å². The Kier molecular flexibility index (Phi) is 5.69. The Hall–Kier alpha value is -2.26. The van der Waals surface area contributed by atoms with Crippen LogP contribution in [0.5, 0.6) is 11.5 Å². The van der Waals surface area contributed by atoms with Crippen LogP contribution in [0.25, 0.3) is 0 Å². The average Bonchev–Trinajstić information content (AvgIpc) is 2.74. The summed E-state index contributed by atoms with van der Waals surface area (Å²) in [4.78, 5) is 15.3. The van der Waals surface area contributed by atoms with Crippen LogP contribution in [0.15, 0.2) is 65.1 Å². The van der Waals surface area contributed by atoms with Gasteiger partial charge in [-0.3, -0.25) is 9.69 Å². The molecule has 1 amide bonds. The van der Waals surface area contributed by atoms with Crippen LogP contribution in [0.4, 0.5) is 11.4 Å². The van der Waals surface area contributed by atoms with E-state index in [0.717, 1.165) is 30.7 Å². The monoisotopic (exact) mass is 564 g/mol. The third kappa shape index (κ3) is 3.81. The van der Waals surface area contributed by atoms with E-state index in [4.69, 9.17) is 9.47 Å². The van der Waals surface area contributed by atoms with E-state index in [1.165, 1.54) is 0 Å². The van der Waals surface area contributed by atoms with Crippen molar-refractivity contribution in [3.63, 3.8) is 0 Å². The molecule has 0 unspecified atom stereocenters. The molecule has 1 N–H and O–H groups in total. The smallest absolute Gasteiger partial charge is 0.262 e. The molecule has 29 heavy (non-hydrogen) atoms. The largest absolute Gasteiger partial charge is 0.497 e. The van der Waals surface area contributed by atoms with E-state index in [2.05, 4.69) is 43.8 Å². The quantitative estimate of drug-likeness (QED) is 0.404. The number of amides is 1. The molecule has 1 aliphatic rings. The second-order valence-corrected chi connectivity index (χ2v) is 8.66. The summed E-state index contributed by atoms with van der Waals surface area (Å²) in [6, 6.07) is 19.1. The van der Waals surface area contributed by atoms with E-state index >= 15 is 0 Å². The van der Waals surface area contributed by atoms with Crippen molar-refractivity contribution in [1.29, 1.82) is 0 Å². The van der Waals surface area contributed by atoms with Crippen LogP contribution in [0, 0.1) is 3.57 Å². The lowest BCUT2D eigenvalue weighted by atomic mass is 10.0. The third-order valence-corrected chi connectivity index (χ3v) is 5.98. The van der Waals surface area contributed by atoms with Gasteiger partial charge in [0, 0.05) is 25.0 Å². The standard InChI is InChI=1S/C22H18BrIN2O3/c1-28-16-7-5-15(6-8-16)26-21(18-11-13(23)3-10-20(18)29-2)25-19-9-4-14(24)12-17(19)22(26)27/h3-12,21,25H,1-2H3/t21-/m0/s1. The van der Waals surface area contributed by atoms with Gasteiger partial charge in [-0.05, 0) is 83.3 Å². The number of nitrogens with one attached hydrogen (secondary N) is 1. The first-order valence-corrected chi connectivity index (χ1v) is 10.8. The lowest BCUT2D eigenvalue weighted by Gasteiger charge is -2.38. The topological polar surface area (TPSA) is 50.8 Å². The molecule has 0 fully saturated rings. The maximum Gasteiger partial charge on any atom is 0.262 e. The van der Waals surface area contributed by atoms with Gasteiger partial charge >= 0.3 is 0 Å². The molecular weight excluding hydrogens is 547 g/mol. The van der Waals surface area contributed by atoms with E-state index in [1.807, 2.05) is 60.7 Å². The number of methoxy groups -OCH3 is 2. The normalized spacial score (nSPS) is 15.5. The second-order valence-electron chi connectivity index (χ2n) is 6.50. The average molecular weight is 565 g/mol. The van der Waals surface area contributed by atoms with Crippen molar-refractivity contribution in [2.45, 2.75) is 6.17 Å². The Labute approximate surface area is 191 Å². The predicted molar refractivity (Wildman–Crippen MR) is 126 cm³/mol. The molecule has 0 radical (unpaired) electrons. The number of halogens is 2. The molecule has 148 valence electrons. The summed E-state index contributed by atoms with van der Waals surface area (Å²) in [5, 5.41) is 3.52. The maximum absolute atomic E-state index is 13.6. The number of hydrogen-bond donors (Lipinski definition) is 1. The molecular formula is C22H18BrIN2O3. The first kappa shape index (κ1) is 20.0. The second kappa shape index (κ2) is 8.23. The summed E-state index contributed by atoms with van der Waals surface area (Å²) in [5.74, 6) is 1.36. The van der Waals surface area contributed by atoms with Crippen LogP contribution in [0.1, 0.15) is 22.1 Å². The zero-order valence-corrected chi connectivity index (χ0v) is 19.5. The zero-order chi connectivity index (χ0) is 20.5. The van der Waals surface area contributed by atoms with E-state index in [0.29, 0.717) is 11.3 Å². The van der Waals surface area contributed by atoms with Gasteiger partial charge in [-0.1, -0.05) is 15.9 Å². The number of ether oxygens (including phenoxy) is 2. The number of anilines is 2. The minimum atomic E-state index is -0.434. The fourth-order valence-corrected chi connectivity index (χ4v) is 4.29. The fourth-order valence-electron chi connectivity index (χ4n) is 3.42. The number of benzene rings is 3. The number of carbonyl (C=O) groups is 1. The highest BCUT2D eigenvalue weighted by Gasteiger charge is 2.35. The molecule has 1 aliphatic heterocycles. The minimum Gasteiger partial charge on any atom is -0.497 e. The fraction of sp³-hybridized carbons (Fsp3) is 0.136. The molecule has 4 rings (SSSR count). The number of rotatable bonds is 4. The van der Waals surface area contributed by atoms with Gasteiger partial charge in [0.25, 0.3) is 5.91 Å². The van der Waals surface area contributed by atoms with E-state index in [-0.39, 0.29) is 5.91 Å². The number of fused-ring (bicyclic) bond motifs is 1. The highest BCUT2D eigenvalue weighted by atomic mass is 127. The van der Waals surface area contributed by atoms with Gasteiger partial charge in [0.1, 0.15) is 17.7 Å². The molecule has 5 nitrogen and oxygen atoms in total. The summed E-state index contributed by atoms with van der Waals surface area (Å²) < 4.78 is 12.8. The summed E-state index contributed by atoms with van der Waals surface area (Å²) >= 11 is 5.76. The van der Waals surface area contributed by atoms with Crippen molar-refractivity contribution in [2.75, 3.05) is 24.4 Å². The zero-order valence-electron chi connectivity index (χ0n) is 15.8. The highest BCUT2D eigenvalue weighted by molar-refractivity contribution is 14.1. The lowest BCUT2D eigenvalue weighted by molar-refractivity contribution is 0.0974. The van der Waals surface area contributed by atoms with E-state index in [9.17, 15) is 4.79 Å². The van der Waals surface area contributed by atoms with Crippen LogP contribution in [0.3, 0.4) is 0 Å².